The SMILES string of the molecule is CC.CC1CN(CC2(CN)CC2)C1. The van der Waals surface area contributed by atoms with E-state index in [2.05, 4.69) is 11.8 Å². The number of rotatable bonds is 3. The minimum Gasteiger partial charge on any atom is -0.330 e. The average Bonchev–Trinajstić information content (AvgIpc) is 2.87. The van der Waals surface area contributed by atoms with E-state index in [4.69, 9.17) is 5.73 Å². The van der Waals surface area contributed by atoms with E-state index < -0.39 is 0 Å². The van der Waals surface area contributed by atoms with Crippen molar-refractivity contribution in [3.05, 3.63) is 0 Å². The van der Waals surface area contributed by atoms with E-state index in [-0.39, 0.29) is 0 Å². The average molecular weight is 184 g/mol. The topological polar surface area (TPSA) is 29.3 Å². The fraction of sp³-hybridized carbons (Fsp3) is 1.00. The zero-order valence-corrected chi connectivity index (χ0v) is 9.34. The Morgan fingerprint density at radius 3 is 2.15 bits per heavy atom. The number of hydrogen-bond donors (Lipinski definition) is 1. The molecule has 0 amide bonds. The first-order valence-electron chi connectivity index (χ1n) is 5.66. The van der Waals surface area contributed by atoms with Crippen molar-refractivity contribution in [3.63, 3.8) is 0 Å². The maximum atomic E-state index is 5.70. The van der Waals surface area contributed by atoms with Crippen molar-refractivity contribution in [2.45, 2.75) is 33.6 Å². The standard InChI is InChI=1S/C9H18N2.C2H6/c1-8-4-11(5-8)7-9(6-10)2-3-9;1-2/h8H,2-7,10H2,1H3;1-2H3. The minimum atomic E-state index is 0.556. The van der Waals surface area contributed by atoms with Crippen molar-refractivity contribution in [1.82, 2.24) is 4.90 Å². The molecule has 2 N–H and O–H groups in total. The molecule has 78 valence electrons. The molecule has 1 saturated carbocycles. The third kappa shape index (κ3) is 2.68. The Hall–Kier alpha value is -0.0800. The summed E-state index contributed by atoms with van der Waals surface area (Å²) in [5.74, 6) is 0.934. The molecule has 2 rings (SSSR count). The normalized spacial score (nSPS) is 25.8. The van der Waals surface area contributed by atoms with Gasteiger partial charge in [-0.15, -0.1) is 0 Å². The van der Waals surface area contributed by atoms with Crippen molar-refractivity contribution in [2.75, 3.05) is 26.2 Å². The van der Waals surface area contributed by atoms with Crippen LogP contribution in [0.15, 0.2) is 0 Å². The van der Waals surface area contributed by atoms with Crippen LogP contribution >= 0.6 is 0 Å². The number of hydrogen-bond acceptors (Lipinski definition) is 2. The van der Waals surface area contributed by atoms with Crippen LogP contribution in [0.3, 0.4) is 0 Å². The van der Waals surface area contributed by atoms with Gasteiger partial charge in [0.15, 0.2) is 0 Å². The van der Waals surface area contributed by atoms with Crippen molar-refractivity contribution in [1.29, 1.82) is 0 Å². The molecule has 2 aliphatic rings. The number of likely N-dealkylation sites (tertiary alicyclic amines) is 1. The quantitative estimate of drug-likeness (QED) is 0.723. The van der Waals surface area contributed by atoms with Crippen LogP contribution in [0.5, 0.6) is 0 Å². The van der Waals surface area contributed by atoms with Gasteiger partial charge in [0.2, 0.25) is 0 Å². The van der Waals surface area contributed by atoms with E-state index in [0.717, 1.165) is 12.5 Å². The smallest absolute Gasteiger partial charge is 0.00503 e. The predicted molar refractivity (Wildman–Crippen MR) is 57.7 cm³/mol. The van der Waals surface area contributed by atoms with Gasteiger partial charge in [-0.05, 0) is 30.7 Å². The Kier molecular flexibility index (Phi) is 3.74. The van der Waals surface area contributed by atoms with E-state index in [1.54, 1.807) is 0 Å². The molecule has 2 nitrogen and oxygen atoms in total. The van der Waals surface area contributed by atoms with Gasteiger partial charge in [0.05, 0.1) is 0 Å². The molecule has 0 spiro atoms. The van der Waals surface area contributed by atoms with Gasteiger partial charge in [0, 0.05) is 19.6 Å². The van der Waals surface area contributed by atoms with Crippen LogP contribution in [-0.2, 0) is 0 Å². The molecule has 0 aromatic carbocycles. The van der Waals surface area contributed by atoms with Gasteiger partial charge in [-0.3, -0.25) is 0 Å². The second kappa shape index (κ2) is 4.43. The molecule has 0 aromatic heterocycles. The molecular weight excluding hydrogens is 160 g/mol. The molecule has 0 atom stereocenters. The Bertz CT molecular complexity index is 146. The van der Waals surface area contributed by atoms with Crippen LogP contribution in [0.4, 0.5) is 0 Å². The molecule has 0 unspecified atom stereocenters. The Morgan fingerprint density at radius 2 is 1.85 bits per heavy atom. The second-order valence-corrected chi connectivity index (χ2v) is 4.50. The van der Waals surface area contributed by atoms with E-state index in [9.17, 15) is 0 Å². The van der Waals surface area contributed by atoms with Gasteiger partial charge >= 0.3 is 0 Å². The molecule has 2 heteroatoms. The fourth-order valence-corrected chi connectivity index (χ4v) is 2.04. The van der Waals surface area contributed by atoms with E-state index >= 15 is 0 Å². The Balaban J connectivity index is 0.000000396. The van der Waals surface area contributed by atoms with Crippen LogP contribution in [0.25, 0.3) is 0 Å². The highest BCUT2D eigenvalue weighted by molar-refractivity contribution is 4.98. The number of nitrogens with two attached hydrogens (primary N) is 1. The summed E-state index contributed by atoms with van der Waals surface area (Å²) in [6.07, 6.45) is 2.74. The molecule has 0 radical (unpaired) electrons. The highest BCUT2D eigenvalue weighted by Crippen LogP contribution is 2.45. The minimum absolute atomic E-state index is 0.556. The molecular formula is C11H24N2. The third-order valence-corrected chi connectivity index (χ3v) is 3.09. The predicted octanol–water partition coefficient (Wildman–Crippen LogP) is 1.70. The van der Waals surface area contributed by atoms with Gasteiger partial charge in [0.25, 0.3) is 0 Å². The summed E-state index contributed by atoms with van der Waals surface area (Å²) in [6, 6.07) is 0. The third-order valence-electron chi connectivity index (χ3n) is 3.09. The van der Waals surface area contributed by atoms with Gasteiger partial charge in [-0.1, -0.05) is 20.8 Å². The van der Waals surface area contributed by atoms with Gasteiger partial charge in [-0.2, -0.15) is 0 Å². The van der Waals surface area contributed by atoms with Gasteiger partial charge in [-0.25, -0.2) is 0 Å². The summed E-state index contributed by atoms with van der Waals surface area (Å²) in [4.78, 5) is 2.55. The van der Waals surface area contributed by atoms with Crippen LogP contribution in [0.2, 0.25) is 0 Å². The lowest BCUT2D eigenvalue weighted by Gasteiger charge is -2.39. The van der Waals surface area contributed by atoms with Crippen LogP contribution < -0.4 is 5.73 Å². The molecule has 1 aliphatic heterocycles. The van der Waals surface area contributed by atoms with Gasteiger partial charge in [0.1, 0.15) is 0 Å². The van der Waals surface area contributed by atoms with Crippen LogP contribution in [0, 0.1) is 11.3 Å². The van der Waals surface area contributed by atoms with E-state index in [0.29, 0.717) is 5.41 Å². The molecule has 13 heavy (non-hydrogen) atoms. The molecule has 0 bridgehead atoms. The van der Waals surface area contributed by atoms with E-state index in [1.807, 2.05) is 13.8 Å². The fourth-order valence-electron chi connectivity index (χ4n) is 2.04. The Labute approximate surface area is 82.5 Å². The molecule has 1 heterocycles. The summed E-state index contributed by atoms with van der Waals surface area (Å²) >= 11 is 0. The molecule has 0 aromatic rings. The Morgan fingerprint density at radius 1 is 1.31 bits per heavy atom. The highest BCUT2D eigenvalue weighted by Gasteiger charge is 2.43. The molecule has 2 fully saturated rings. The van der Waals surface area contributed by atoms with Crippen molar-refractivity contribution in [3.8, 4) is 0 Å². The van der Waals surface area contributed by atoms with Crippen LogP contribution in [0.1, 0.15) is 33.6 Å². The van der Waals surface area contributed by atoms with E-state index in [1.165, 1.54) is 32.5 Å². The largest absolute Gasteiger partial charge is 0.330 e. The monoisotopic (exact) mass is 184 g/mol. The maximum Gasteiger partial charge on any atom is 0.00503 e. The first kappa shape index (κ1) is 11.0. The van der Waals surface area contributed by atoms with Crippen molar-refractivity contribution < 1.29 is 0 Å². The second-order valence-electron chi connectivity index (χ2n) is 4.50. The molecule has 1 saturated heterocycles. The van der Waals surface area contributed by atoms with Crippen molar-refractivity contribution >= 4 is 0 Å². The van der Waals surface area contributed by atoms with Crippen molar-refractivity contribution in [2.24, 2.45) is 17.1 Å². The van der Waals surface area contributed by atoms with Crippen LogP contribution in [-0.4, -0.2) is 31.1 Å². The van der Waals surface area contributed by atoms with Gasteiger partial charge < -0.3 is 10.6 Å². The summed E-state index contributed by atoms with van der Waals surface area (Å²) in [5, 5.41) is 0. The summed E-state index contributed by atoms with van der Waals surface area (Å²) in [5.41, 5.74) is 6.26. The zero-order chi connectivity index (χ0) is 9.90. The highest BCUT2D eigenvalue weighted by atomic mass is 15.2. The molecule has 1 aliphatic carbocycles. The number of nitrogens with zero attached hydrogens (tertiary/aromatic N) is 1. The summed E-state index contributed by atoms with van der Waals surface area (Å²) in [6.45, 7) is 11.1. The maximum absolute atomic E-state index is 5.70. The lowest BCUT2D eigenvalue weighted by atomic mass is 9.98. The summed E-state index contributed by atoms with van der Waals surface area (Å²) < 4.78 is 0. The lowest BCUT2D eigenvalue weighted by molar-refractivity contribution is 0.0882. The lowest BCUT2D eigenvalue weighted by Crippen LogP contribution is -2.48. The summed E-state index contributed by atoms with van der Waals surface area (Å²) in [7, 11) is 0. The first-order chi connectivity index (χ1) is 6.24. The first-order valence-corrected chi connectivity index (χ1v) is 5.66. The zero-order valence-electron chi connectivity index (χ0n) is 9.34.